The van der Waals surface area contributed by atoms with Gasteiger partial charge in [0.1, 0.15) is 5.75 Å². The monoisotopic (exact) mass is 435 g/mol. The summed E-state index contributed by atoms with van der Waals surface area (Å²) in [6.07, 6.45) is 1.53. The average Bonchev–Trinajstić information content (AvgIpc) is 3.24. The average molecular weight is 436 g/mol. The highest BCUT2D eigenvalue weighted by Gasteiger charge is 2.38. The second kappa shape index (κ2) is 9.85. The predicted molar refractivity (Wildman–Crippen MR) is 121 cm³/mol. The van der Waals surface area contributed by atoms with E-state index in [9.17, 15) is 14.4 Å². The van der Waals surface area contributed by atoms with Gasteiger partial charge in [-0.25, -0.2) is 0 Å². The van der Waals surface area contributed by atoms with E-state index in [4.69, 9.17) is 4.74 Å². The first kappa shape index (κ1) is 21.9. The zero-order chi connectivity index (χ0) is 22.5. The molecule has 7 heteroatoms. The van der Waals surface area contributed by atoms with Crippen LogP contribution in [0.4, 0.5) is 5.69 Å². The molecule has 0 aromatic heterocycles. The van der Waals surface area contributed by atoms with Crippen molar-refractivity contribution in [3.63, 3.8) is 0 Å². The Kier molecular flexibility index (Phi) is 6.73. The van der Waals surface area contributed by atoms with Gasteiger partial charge in [0, 0.05) is 44.2 Å². The van der Waals surface area contributed by atoms with E-state index in [0.29, 0.717) is 39.0 Å². The minimum atomic E-state index is -0.317. The first-order chi connectivity index (χ1) is 15.5. The van der Waals surface area contributed by atoms with E-state index in [1.54, 1.807) is 12.0 Å². The Labute approximate surface area is 188 Å². The highest BCUT2D eigenvalue weighted by Crippen LogP contribution is 2.28. The largest absolute Gasteiger partial charge is 0.497 e. The van der Waals surface area contributed by atoms with E-state index in [0.717, 1.165) is 17.0 Å². The van der Waals surface area contributed by atoms with Crippen LogP contribution < -0.4 is 15.0 Å². The fraction of sp³-hybridized carbons (Fsp3) is 0.400. The third-order valence-electron chi connectivity index (χ3n) is 6.35. The molecule has 168 valence electrons. The van der Waals surface area contributed by atoms with Gasteiger partial charge in [-0.1, -0.05) is 30.3 Å². The Morgan fingerprint density at radius 3 is 2.34 bits per heavy atom. The standard InChI is InChI=1S/C25H29N3O4/c1-32-22-9-7-18(8-10-22)16-26-24(30)19-11-13-27(14-12-19)25(31)20-15-23(29)28(17-20)21-5-3-2-4-6-21/h2-10,19-20H,11-17H2,1H3,(H,26,30). The zero-order valence-electron chi connectivity index (χ0n) is 18.3. The first-order valence-electron chi connectivity index (χ1n) is 11.1. The summed E-state index contributed by atoms with van der Waals surface area (Å²) in [7, 11) is 1.62. The van der Waals surface area contributed by atoms with Gasteiger partial charge in [0.15, 0.2) is 0 Å². The van der Waals surface area contributed by atoms with E-state index >= 15 is 0 Å². The molecule has 3 amide bonds. The summed E-state index contributed by atoms with van der Waals surface area (Å²) in [5.41, 5.74) is 1.85. The molecule has 4 rings (SSSR count). The normalized spacial score (nSPS) is 19.2. The summed E-state index contributed by atoms with van der Waals surface area (Å²) in [5, 5.41) is 3.00. The van der Waals surface area contributed by atoms with Crippen molar-refractivity contribution in [2.45, 2.75) is 25.8 Å². The van der Waals surface area contributed by atoms with Crippen LogP contribution in [-0.4, -0.2) is 49.4 Å². The van der Waals surface area contributed by atoms with E-state index < -0.39 is 0 Å². The molecule has 0 aliphatic carbocycles. The van der Waals surface area contributed by atoms with Gasteiger partial charge >= 0.3 is 0 Å². The van der Waals surface area contributed by atoms with Crippen molar-refractivity contribution >= 4 is 23.4 Å². The van der Waals surface area contributed by atoms with Crippen molar-refractivity contribution in [2.75, 3.05) is 31.6 Å². The quantitative estimate of drug-likeness (QED) is 0.757. The molecule has 2 aromatic carbocycles. The van der Waals surface area contributed by atoms with Crippen molar-refractivity contribution in [1.29, 1.82) is 0 Å². The maximum Gasteiger partial charge on any atom is 0.228 e. The van der Waals surface area contributed by atoms with Gasteiger partial charge in [-0.05, 0) is 42.7 Å². The number of ether oxygens (including phenoxy) is 1. The number of hydrogen-bond acceptors (Lipinski definition) is 4. The van der Waals surface area contributed by atoms with Gasteiger partial charge in [0.2, 0.25) is 17.7 Å². The van der Waals surface area contributed by atoms with Crippen LogP contribution in [0.25, 0.3) is 0 Å². The summed E-state index contributed by atoms with van der Waals surface area (Å²) in [4.78, 5) is 41.5. The molecule has 0 saturated carbocycles. The third-order valence-corrected chi connectivity index (χ3v) is 6.35. The highest BCUT2D eigenvalue weighted by molar-refractivity contribution is 6.00. The lowest BCUT2D eigenvalue weighted by molar-refractivity contribution is -0.139. The molecular formula is C25H29N3O4. The highest BCUT2D eigenvalue weighted by atomic mass is 16.5. The molecule has 0 radical (unpaired) electrons. The number of piperidine rings is 1. The number of methoxy groups -OCH3 is 1. The number of benzene rings is 2. The van der Waals surface area contributed by atoms with E-state index in [1.165, 1.54) is 0 Å². The van der Waals surface area contributed by atoms with Crippen LogP contribution in [0.2, 0.25) is 0 Å². The summed E-state index contributed by atoms with van der Waals surface area (Å²) in [6, 6.07) is 17.1. The molecule has 2 saturated heterocycles. The molecule has 2 aromatic rings. The van der Waals surface area contributed by atoms with Gasteiger partial charge < -0.3 is 19.9 Å². The summed E-state index contributed by atoms with van der Waals surface area (Å²) >= 11 is 0. The summed E-state index contributed by atoms with van der Waals surface area (Å²) < 4.78 is 5.15. The van der Waals surface area contributed by atoms with E-state index in [2.05, 4.69) is 5.32 Å². The van der Waals surface area contributed by atoms with Gasteiger partial charge in [0.25, 0.3) is 0 Å². The second-order valence-corrected chi connectivity index (χ2v) is 8.41. The lowest BCUT2D eigenvalue weighted by atomic mass is 9.94. The van der Waals surface area contributed by atoms with Gasteiger partial charge in [0.05, 0.1) is 13.0 Å². The SMILES string of the molecule is COc1ccc(CNC(=O)C2CCN(C(=O)C3CC(=O)N(c4ccccc4)C3)CC2)cc1. The molecule has 2 aliphatic heterocycles. The molecule has 0 bridgehead atoms. The fourth-order valence-electron chi connectivity index (χ4n) is 4.43. The number of anilines is 1. The molecule has 1 atom stereocenters. The first-order valence-corrected chi connectivity index (χ1v) is 11.1. The van der Waals surface area contributed by atoms with Crippen molar-refractivity contribution in [2.24, 2.45) is 11.8 Å². The van der Waals surface area contributed by atoms with Crippen LogP contribution in [-0.2, 0) is 20.9 Å². The number of nitrogens with zero attached hydrogens (tertiary/aromatic N) is 2. The topological polar surface area (TPSA) is 79.0 Å². The van der Waals surface area contributed by atoms with Crippen molar-refractivity contribution in [3.05, 3.63) is 60.2 Å². The minimum absolute atomic E-state index is 0.0117. The summed E-state index contributed by atoms with van der Waals surface area (Å²) in [6.45, 7) is 2.00. The molecule has 1 unspecified atom stereocenters. The Hall–Kier alpha value is -3.35. The Morgan fingerprint density at radius 2 is 1.69 bits per heavy atom. The molecule has 2 aliphatic rings. The third kappa shape index (κ3) is 4.93. The number of rotatable bonds is 6. The number of carbonyl (C=O) groups is 3. The zero-order valence-corrected chi connectivity index (χ0v) is 18.3. The molecule has 1 N–H and O–H groups in total. The summed E-state index contributed by atoms with van der Waals surface area (Å²) in [5.74, 6) is 0.412. The molecule has 2 fully saturated rings. The molecule has 32 heavy (non-hydrogen) atoms. The molecular weight excluding hydrogens is 406 g/mol. The molecule has 7 nitrogen and oxygen atoms in total. The van der Waals surface area contributed by atoms with Crippen LogP contribution in [0.1, 0.15) is 24.8 Å². The van der Waals surface area contributed by atoms with Crippen molar-refractivity contribution in [3.8, 4) is 5.75 Å². The van der Waals surface area contributed by atoms with Gasteiger partial charge in [-0.2, -0.15) is 0 Å². The number of hydrogen-bond donors (Lipinski definition) is 1. The maximum absolute atomic E-state index is 13.0. The molecule has 0 spiro atoms. The Balaban J connectivity index is 1.24. The van der Waals surface area contributed by atoms with E-state index in [-0.39, 0.29) is 36.0 Å². The number of amides is 3. The second-order valence-electron chi connectivity index (χ2n) is 8.41. The fourth-order valence-corrected chi connectivity index (χ4v) is 4.43. The van der Waals surface area contributed by atoms with E-state index in [1.807, 2.05) is 59.5 Å². The lowest BCUT2D eigenvalue weighted by Gasteiger charge is -2.33. The molecule has 2 heterocycles. The Bertz CT molecular complexity index is 953. The maximum atomic E-state index is 13.0. The van der Waals surface area contributed by atoms with Crippen LogP contribution in [0.15, 0.2) is 54.6 Å². The predicted octanol–water partition coefficient (Wildman–Crippen LogP) is 2.60. The van der Waals surface area contributed by atoms with Gasteiger partial charge in [-0.3, -0.25) is 14.4 Å². The van der Waals surface area contributed by atoms with Crippen LogP contribution in [0.5, 0.6) is 5.75 Å². The smallest absolute Gasteiger partial charge is 0.228 e. The van der Waals surface area contributed by atoms with Crippen molar-refractivity contribution in [1.82, 2.24) is 10.2 Å². The Morgan fingerprint density at radius 1 is 1.00 bits per heavy atom. The van der Waals surface area contributed by atoms with Crippen LogP contribution in [0.3, 0.4) is 0 Å². The lowest BCUT2D eigenvalue weighted by Crippen LogP contribution is -2.45. The minimum Gasteiger partial charge on any atom is -0.497 e. The number of carbonyl (C=O) groups excluding carboxylic acids is 3. The van der Waals surface area contributed by atoms with Crippen molar-refractivity contribution < 1.29 is 19.1 Å². The number of para-hydroxylation sites is 1. The van der Waals surface area contributed by atoms with Crippen LogP contribution >= 0.6 is 0 Å². The van der Waals surface area contributed by atoms with Gasteiger partial charge in [-0.15, -0.1) is 0 Å². The number of likely N-dealkylation sites (tertiary alicyclic amines) is 1. The van der Waals surface area contributed by atoms with Crippen LogP contribution in [0, 0.1) is 11.8 Å². The number of nitrogens with one attached hydrogen (secondary N) is 1.